The first-order valence-electron chi connectivity index (χ1n) is 6.41. The molecule has 0 aromatic carbocycles. The summed E-state index contributed by atoms with van der Waals surface area (Å²) in [6.07, 6.45) is 1.54. The highest BCUT2D eigenvalue weighted by Crippen LogP contribution is 2.42. The first kappa shape index (κ1) is 13.9. The Morgan fingerprint density at radius 1 is 1.57 bits per heavy atom. The Morgan fingerprint density at radius 3 is 3.00 bits per heavy atom. The lowest BCUT2D eigenvalue weighted by Gasteiger charge is -2.09. The van der Waals surface area contributed by atoms with E-state index in [1.54, 1.807) is 11.3 Å². The molecule has 7 heteroatoms. The van der Waals surface area contributed by atoms with Crippen molar-refractivity contribution in [2.24, 2.45) is 5.73 Å². The summed E-state index contributed by atoms with van der Waals surface area (Å²) >= 11 is 6.97. The number of hydrogen-bond donors (Lipinski definition) is 2. The molecule has 21 heavy (non-hydrogen) atoms. The first-order chi connectivity index (χ1) is 10.2. The van der Waals surface area contributed by atoms with E-state index >= 15 is 0 Å². The molecule has 0 radical (unpaired) electrons. The summed E-state index contributed by atoms with van der Waals surface area (Å²) in [5.74, 6) is 0. The number of nitrogens with two attached hydrogens (primary N) is 1. The van der Waals surface area contributed by atoms with Crippen LogP contribution in [0.2, 0.25) is 0 Å². The second-order valence-electron chi connectivity index (χ2n) is 4.61. The van der Waals surface area contributed by atoms with Gasteiger partial charge < -0.3 is 15.3 Å². The second kappa shape index (κ2) is 5.41. The zero-order valence-electron chi connectivity index (χ0n) is 11.4. The molecule has 0 fully saturated rings. The molecule has 0 aliphatic carbocycles. The topological polar surface area (TPSA) is 64.0 Å². The van der Waals surface area contributed by atoms with Crippen molar-refractivity contribution in [2.45, 2.75) is 13.5 Å². The Hall–Kier alpha value is -2.01. The maximum Gasteiger partial charge on any atom is 0.236 e. The maximum atomic E-state index is 7.57. The molecular weight excluding hydrogens is 302 g/mol. The normalized spacial score (nSPS) is 10.9. The van der Waals surface area contributed by atoms with Crippen LogP contribution in [0.1, 0.15) is 5.56 Å². The number of H-pyrrole nitrogens is 1. The molecule has 3 aromatic heterocycles. The molecule has 106 valence electrons. The van der Waals surface area contributed by atoms with Crippen LogP contribution in [-0.2, 0) is 6.54 Å². The van der Waals surface area contributed by atoms with Crippen LogP contribution in [0.25, 0.3) is 26.4 Å². The Labute approximate surface area is 130 Å². The van der Waals surface area contributed by atoms with Crippen LogP contribution < -0.4 is 5.73 Å². The van der Waals surface area contributed by atoms with Gasteiger partial charge >= 0.3 is 0 Å². The highest BCUT2D eigenvalue weighted by molar-refractivity contribution is 7.71. The number of aromatic nitrogens is 3. The molecule has 3 aromatic rings. The van der Waals surface area contributed by atoms with Crippen LogP contribution in [0.15, 0.2) is 17.8 Å². The molecule has 0 atom stereocenters. The van der Waals surface area contributed by atoms with Gasteiger partial charge in [-0.05, 0) is 23.9 Å². The lowest BCUT2D eigenvalue weighted by atomic mass is 10.2. The van der Waals surface area contributed by atoms with Gasteiger partial charge in [0.25, 0.3) is 0 Å². The van der Waals surface area contributed by atoms with Gasteiger partial charge in [-0.1, -0.05) is 12.2 Å². The van der Waals surface area contributed by atoms with Gasteiger partial charge in [0.05, 0.1) is 29.6 Å². The number of rotatable bonds is 3. The summed E-state index contributed by atoms with van der Waals surface area (Å²) in [6, 6.07) is 2.05. The quantitative estimate of drug-likeness (QED) is 0.573. The Balaban J connectivity index is 2.51. The molecule has 0 spiro atoms. The lowest BCUT2D eigenvalue weighted by Crippen LogP contribution is -2.11. The highest BCUT2D eigenvalue weighted by Gasteiger charge is 2.22. The van der Waals surface area contributed by atoms with E-state index in [1.807, 2.05) is 16.9 Å². The van der Waals surface area contributed by atoms with Gasteiger partial charge in [-0.25, -0.2) is 9.83 Å². The molecule has 0 amide bonds. The van der Waals surface area contributed by atoms with Gasteiger partial charge in [-0.3, -0.25) is 0 Å². The summed E-state index contributed by atoms with van der Waals surface area (Å²) in [6.45, 7) is 10.7. The summed E-state index contributed by atoms with van der Waals surface area (Å²) < 4.78 is 2.51. The summed E-state index contributed by atoms with van der Waals surface area (Å²) in [5, 5.41) is 2.03. The smallest absolute Gasteiger partial charge is 0.236 e. The SMILES string of the molecule is [C-]#[N+]c1c(-c2sccc2C)n(CCN)c2c(=S)nc[nH]c12. The van der Waals surface area contributed by atoms with Crippen molar-refractivity contribution >= 4 is 40.3 Å². The van der Waals surface area contributed by atoms with Crippen LogP contribution in [0, 0.1) is 18.1 Å². The van der Waals surface area contributed by atoms with E-state index in [4.69, 9.17) is 24.5 Å². The van der Waals surface area contributed by atoms with Gasteiger partial charge in [-0.15, -0.1) is 11.3 Å². The van der Waals surface area contributed by atoms with Crippen LogP contribution in [0.4, 0.5) is 5.69 Å². The van der Waals surface area contributed by atoms with Crippen molar-refractivity contribution in [3.05, 3.63) is 39.4 Å². The van der Waals surface area contributed by atoms with Crippen molar-refractivity contribution in [2.75, 3.05) is 6.54 Å². The van der Waals surface area contributed by atoms with Gasteiger partial charge in [0, 0.05) is 18.0 Å². The number of nitrogens with zero attached hydrogens (tertiary/aromatic N) is 3. The van der Waals surface area contributed by atoms with Crippen molar-refractivity contribution in [1.29, 1.82) is 0 Å². The molecule has 0 aliphatic rings. The first-order valence-corrected chi connectivity index (χ1v) is 7.69. The average molecular weight is 315 g/mol. The molecule has 0 bridgehead atoms. The summed E-state index contributed by atoms with van der Waals surface area (Å²) in [4.78, 5) is 12.0. The van der Waals surface area contributed by atoms with Crippen LogP contribution in [0.3, 0.4) is 0 Å². The highest BCUT2D eigenvalue weighted by atomic mass is 32.1. The van der Waals surface area contributed by atoms with Crippen molar-refractivity contribution < 1.29 is 0 Å². The summed E-state index contributed by atoms with van der Waals surface area (Å²) in [5.41, 5.74) is 9.88. The van der Waals surface area contributed by atoms with E-state index in [-0.39, 0.29) is 0 Å². The standard InChI is InChI=1S/C14H13N5S2/c1-8-3-6-21-13(8)11-9(16-2)10-12(19(11)5-4-15)14(20)18-7-17-10/h3,6-7H,4-5,15H2,1H3,(H,17,18,20). The molecule has 0 aliphatic heterocycles. The van der Waals surface area contributed by atoms with Gasteiger partial charge in [0.1, 0.15) is 0 Å². The lowest BCUT2D eigenvalue weighted by molar-refractivity contribution is 0.740. The Bertz CT molecular complexity index is 910. The number of hydrogen-bond acceptors (Lipinski definition) is 4. The Morgan fingerprint density at radius 2 is 2.38 bits per heavy atom. The fourth-order valence-electron chi connectivity index (χ4n) is 2.49. The fourth-order valence-corrected chi connectivity index (χ4v) is 3.73. The molecule has 3 heterocycles. The third kappa shape index (κ3) is 2.08. The monoisotopic (exact) mass is 315 g/mol. The predicted octanol–water partition coefficient (Wildman–Crippen LogP) is 3.64. The van der Waals surface area contributed by atoms with Crippen molar-refractivity contribution in [3.8, 4) is 10.6 Å². The zero-order valence-corrected chi connectivity index (χ0v) is 13.0. The number of thiophene rings is 1. The molecule has 3 rings (SSSR count). The van der Waals surface area contributed by atoms with E-state index in [0.29, 0.717) is 23.4 Å². The minimum absolute atomic E-state index is 0.475. The van der Waals surface area contributed by atoms with E-state index in [2.05, 4.69) is 20.9 Å². The van der Waals surface area contributed by atoms with E-state index in [1.165, 1.54) is 6.33 Å². The van der Waals surface area contributed by atoms with Crippen molar-refractivity contribution in [1.82, 2.24) is 14.5 Å². The largest absolute Gasteiger partial charge is 0.354 e. The summed E-state index contributed by atoms with van der Waals surface area (Å²) in [7, 11) is 0. The molecule has 3 N–H and O–H groups in total. The molecule has 0 saturated carbocycles. The van der Waals surface area contributed by atoms with Gasteiger partial charge in [0.15, 0.2) is 4.64 Å². The Kier molecular flexibility index (Phi) is 3.59. The van der Waals surface area contributed by atoms with Gasteiger partial charge in [-0.2, -0.15) is 0 Å². The second-order valence-corrected chi connectivity index (χ2v) is 5.92. The van der Waals surface area contributed by atoms with Crippen LogP contribution >= 0.6 is 23.6 Å². The third-order valence-corrected chi connectivity index (χ3v) is 4.69. The van der Waals surface area contributed by atoms with E-state index < -0.39 is 0 Å². The van der Waals surface area contributed by atoms with Crippen LogP contribution in [-0.4, -0.2) is 21.1 Å². The third-order valence-electron chi connectivity index (χ3n) is 3.37. The number of aromatic amines is 1. The number of fused-ring (bicyclic) bond motifs is 1. The zero-order chi connectivity index (χ0) is 15.0. The molecule has 0 saturated heterocycles. The van der Waals surface area contributed by atoms with Gasteiger partial charge in [0.2, 0.25) is 5.69 Å². The minimum atomic E-state index is 0.475. The maximum absolute atomic E-state index is 7.57. The van der Waals surface area contributed by atoms with E-state index in [0.717, 1.165) is 27.2 Å². The predicted molar refractivity (Wildman–Crippen MR) is 88.3 cm³/mol. The minimum Gasteiger partial charge on any atom is -0.354 e. The van der Waals surface area contributed by atoms with E-state index in [9.17, 15) is 0 Å². The molecule has 5 nitrogen and oxygen atoms in total. The fraction of sp³-hybridized carbons (Fsp3) is 0.214. The van der Waals surface area contributed by atoms with Crippen LogP contribution in [0.5, 0.6) is 0 Å². The van der Waals surface area contributed by atoms with Crippen molar-refractivity contribution in [3.63, 3.8) is 0 Å². The molecule has 0 unspecified atom stereocenters. The number of nitrogens with one attached hydrogen (secondary N) is 1. The molecular formula is C14H13N5S2. The average Bonchev–Trinajstić information content (AvgIpc) is 3.01. The number of aryl methyl sites for hydroxylation is 1.